The zero-order chi connectivity index (χ0) is 77.3. The van der Waals surface area contributed by atoms with Crippen molar-refractivity contribution in [1.82, 2.24) is 19.9 Å². The number of aliphatic carboxylic acids is 4. The summed E-state index contributed by atoms with van der Waals surface area (Å²) in [6, 6.07) is 34.2. The van der Waals surface area contributed by atoms with Crippen molar-refractivity contribution >= 4 is 48.2 Å². The largest absolute Gasteiger partial charge is 0.478 e. The van der Waals surface area contributed by atoms with Crippen molar-refractivity contribution in [2.24, 2.45) is 0 Å². The summed E-state index contributed by atoms with van der Waals surface area (Å²) in [5.41, 5.74) is 30.1. The molecule has 0 atom stereocenters. The van der Waals surface area contributed by atoms with E-state index in [9.17, 15) is 19.2 Å². The van der Waals surface area contributed by atoms with E-state index in [1.54, 1.807) is 24.5 Å². The van der Waals surface area contributed by atoms with Crippen LogP contribution in [0.4, 0.5) is 0 Å². The van der Waals surface area contributed by atoms with Gasteiger partial charge in [0, 0.05) is 59.6 Å². The molecule has 0 saturated heterocycles. The van der Waals surface area contributed by atoms with Crippen LogP contribution in [0.1, 0.15) is 265 Å². The predicted octanol–water partition coefficient (Wildman–Crippen LogP) is 23.0. The van der Waals surface area contributed by atoms with Crippen LogP contribution in [0.15, 0.2) is 140 Å². The molecule has 4 aromatic heterocycles. The van der Waals surface area contributed by atoms with Gasteiger partial charge in [0.15, 0.2) is 0 Å². The molecule has 4 N–H and O–H groups in total. The number of fused-ring (bicyclic) bond motifs is 4. The van der Waals surface area contributed by atoms with E-state index in [-0.39, 0.29) is 50.7 Å². The van der Waals surface area contributed by atoms with Crippen molar-refractivity contribution in [3.63, 3.8) is 0 Å². The average Bonchev–Trinajstić information content (AvgIpc) is 0.764. The molecule has 12 rings (SSSR count). The number of hydrogen-bond acceptors (Lipinski definition) is 8. The number of carboxylic acids is 4. The third-order valence-corrected chi connectivity index (χ3v) is 23.0. The van der Waals surface area contributed by atoms with E-state index in [1.165, 1.54) is 141 Å². The van der Waals surface area contributed by atoms with E-state index in [0.29, 0.717) is 17.1 Å². The summed E-state index contributed by atoms with van der Waals surface area (Å²) in [5.74, 6) is -3.85. The molecule has 106 heavy (non-hydrogen) atoms. The highest BCUT2D eigenvalue weighted by Crippen LogP contribution is 2.52. The summed E-state index contributed by atoms with van der Waals surface area (Å²) in [5, 5.41) is 35.4. The monoisotopic (exact) mass is 1430 g/mol. The lowest BCUT2D eigenvalue weighted by Gasteiger charge is -2.42. The van der Waals surface area contributed by atoms with Crippen LogP contribution in [-0.2, 0) is 62.5 Å². The van der Waals surface area contributed by atoms with Gasteiger partial charge in [-0.2, -0.15) is 0 Å². The molecule has 0 aliphatic heterocycles. The van der Waals surface area contributed by atoms with Crippen molar-refractivity contribution in [3.8, 4) is 44.8 Å². The quantitative estimate of drug-likeness (QED) is 0.0845. The number of carbonyl (C=O) groups is 4. The maximum Gasteiger partial charge on any atom is 0.328 e. The first-order chi connectivity index (χ1) is 48.8. The number of hydrogen-bond donors (Lipinski definition) is 4. The molecule has 8 aromatic rings. The second kappa shape index (κ2) is 31.4. The van der Waals surface area contributed by atoms with E-state index < -0.39 is 23.9 Å². The van der Waals surface area contributed by atoms with E-state index in [1.807, 2.05) is 54.7 Å². The first kappa shape index (κ1) is 82.0. The van der Waals surface area contributed by atoms with Crippen molar-refractivity contribution < 1.29 is 39.6 Å². The minimum absolute atomic E-state index is 0. The molecule has 4 aromatic carbocycles. The Kier molecular flexibility index (Phi) is 24.3. The molecular weight excluding hydrogens is 1310 g/mol. The Morgan fingerprint density at radius 1 is 0.340 bits per heavy atom. The Morgan fingerprint density at radius 3 is 1.09 bits per heavy atom. The number of aryl methyl sites for hydroxylation is 5. The highest BCUT2D eigenvalue weighted by molar-refractivity contribution is 5.88. The maximum atomic E-state index is 10.8. The zero-order valence-electron chi connectivity index (χ0n) is 66.0. The lowest BCUT2D eigenvalue weighted by Crippen LogP contribution is -2.34. The number of nitrogens with zero attached hydrogens (tertiary/aromatic N) is 4. The minimum Gasteiger partial charge on any atom is -0.478 e. The zero-order valence-corrected chi connectivity index (χ0v) is 66.0. The molecule has 4 aliphatic rings. The van der Waals surface area contributed by atoms with Gasteiger partial charge in [-0.25, -0.2) is 29.1 Å². The SMILES string of the molecule is C.Cc1cc2c(cc1-c1cccc(/C=C/C(=O)O)n1)C(C)(C)CCC2(C)C.Cc1cc2c(cc1-c1ccnc(/C=C/C(=O)O)c1)C(C)(C)CCC2(C)C.Cc1cc2c(cc1-c1cncc(/C=C/C(=O)O)c1)C(C)(C)CCC2(C)C.Cc1cc2c(cc1-c1nc(/C=C/C(=O)O)ccc1C)C(C)(C)CCC2(C)C. The number of aromatic nitrogens is 4. The van der Waals surface area contributed by atoms with Crippen LogP contribution in [-0.4, -0.2) is 64.2 Å². The van der Waals surface area contributed by atoms with Gasteiger partial charge in [-0.15, -0.1) is 0 Å². The average molecular weight is 1430 g/mol. The third-order valence-electron chi connectivity index (χ3n) is 23.0. The summed E-state index contributed by atoms with van der Waals surface area (Å²) >= 11 is 0. The molecule has 0 radical (unpaired) electrons. The van der Waals surface area contributed by atoms with Crippen molar-refractivity contribution in [3.05, 3.63) is 235 Å². The van der Waals surface area contributed by atoms with Crippen molar-refractivity contribution in [2.75, 3.05) is 0 Å². The van der Waals surface area contributed by atoms with Crippen LogP contribution >= 0.6 is 0 Å². The van der Waals surface area contributed by atoms with E-state index in [0.717, 1.165) is 69.1 Å². The molecule has 558 valence electrons. The second-order valence-corrected chi connectivity index (χ2v) is 34.9. The summed E-state index contributed by atoms with van der Waals surface area (Å²) in [6.07, 6.45) is 25.5. The fraction of sp³-hybridized carbons (Fsp3) is 0.404. The predicted molar refractivity (Wildman–Crippen MR) is 437 cm³/mol. The summed E-state index contributed by atoms with van der Waals surface area (Å²) in [7, 11) is 0. The van der Waals surface area contributed by atoms with Crippen molar-refractivity contribution in [1.29, 1.82) is 0 Å². The first-order valence-corrected chi connectivity index (χ1v) is 37.0. The molecule has 12 heteroatoms. The van der Waals surface area contributed by atoms with Crippen LogP contribution in [0.3, 0.4) is 0 Å². The molecule has 0 fully saturated rings. The molecular formula is C94H114N4O8. The van der Waals surface area contributed by atoms with Gasteiger partial charge >= 0.3 is 23.9 Å². The second-order valence-electron chi connectivity index (χ2n) is 34.9. The Morgan fingerprint density at radius 2 is 0.679 bits per heavy atom. The fourth-order valence-corrected chi connectivity index (χ4v) is 15.7. The van der Waals surface area contributed by atoms with Crippen molar-refractivity contribution in [2.45, 2.75) is 248 Å². The number of rotatable bonds is 12. The highest BCUT2D eigenvalue weighted by Gasteiger charge is 2.42. The lowest BCUT2D eigenvalue weighted by molar-refractivity contribution is -0.132. The lowest BCUT2D eigenvalue weighted by atomic mass is 9.62. The Labute approximate surface area is 631 Å². The Hall–Kier alpha value is -9.68. The summed E-state index contributed by atoms with van der Waals surface area (Å²) in [4.78, 5) is 61.1. The van der Waals surface area contributed by atoms with Gasteiger partial charge in [-0.1, -0.05) is 161 Å². The molecule has 0 spiro atoms. The minimum atomic E-state index is -0.967. The van der Waals surface area contributed by atoms with Crippen LogP contribution in [0.5, 0.6) is 0 Å². The van der Waals surface area contributed by atoms with Gasteiger partial charge < -0.3 is 20.4 Å². The van der Waals surface area contributed by atoms with Gasteiger partial charge in [-0.05, 0) is 303 Å². The summed E-state index contributed by atoms with van der Waals surface area (Å²) in [6.45, 7) is 47.9. The molecule has 0 amide bonds. The molecule has 0 unspecified atom stereocenters. The fourth-order valence-electron chi connectivity index (χ4n) is 15.7. The van der Waals surface area contributed by atoms with Gasteiger partial charge in [-0.3, -0.25) is 9.97 Å². The normalized spacial score (nSPS) is 17.7. The van der Waals surface area contributed by atoms with Crippen LogP contribution in [0.25, 0.3) is 69.1 Å². The topological polar surface area (TPSA) is 201 Å². The first-order valence-electron chi connectivity index (χ1n) is 37.0. The third kappa shape index (κ3) is 18.7. The Bertz CT molecular complexity index is 4460. The van der Waals surface area contributed by atoms with Gasteiger partial charge in [0.05, 0.1) is 28.5 Å². The van der Waals surface area contributed by atoms with E-state index in [4.69, 9.17) is 25.4 Å². The van der Waals surface area contributed by atoms with Crippen LogP contribution in [0, 0.1) is 34.6 Å². The number of carboxylic acid groups (broad SMARTS) is 4. The molecule has 0 bridgehead atoms. The summed E-state index contributed by atoms with van der Waals surface area (Å²) < 4.78 is 0. The molecule has 12 nitrogen and oxygen atoms in total. The standard InChI is InChI=1S/C24H29NO2.3C23H27NO2.CH4/c1-15-7-8-17(9-10-21(26)27)25-22(15)18-14-20-19(13-16(18)2)23(3,4)11-12-24(20,5)6;1-15-12-19-20(23(4,5)10-9-22(19,2)3)14-18(15)16-8-11-24-17(13-16)6-7-21(25)26;1-15-10-19-20(23(4,5)9-8-22(19,2)3)12-18(15)17-11-16(13-24-14-17)6-7-21(25)26;1-15-13-18-19(23(4,5)12-11-22(18,2)3)14-17(15)20-8-6-7-16(24-20)9-10-21(25)26;/h7-10,13-14H,11-12H2,1-6H3,(H,26,27);6-8,11-14H,9-10H2,1-5H3,(H,25,26);6-7,10-14H,8-9H2,1-5H3,(H,25,26);6-10,13-14H,11-12H2,1-5H3,(H,25,26);1H4/b10-9+;2*7-6+;10-9+;. The van der Waals surface area contributed by atoms with Crippen LogP contribution < -0.4 is 0 Å². The van der Waals surface area contributed by atoms with Gasteiger partial charge in [0.25, 0.3) is 0 Å². The molecule has 0 saturated carbocycles. The highest BCUT2D eigenvalue weighted by atomic mass is 16.4. The van der Waals surface area contributed by atoms with Crippen LogP contribution in [0.2, 0.25) is 0 Å². The number of benzene rings is 4. The number of pyridine rings is 4. The Balaban J connectivity index is 0.000000178. The smallest absolute Gasteiger partial charge is 0.328 e. The maximum absolute atomic E-state index is 10.8. The van der Waals surface area contributed by atoms with Gasteiger partial charge in [0.2, 0.25) is 0 Å². The van der Waals surface area contributed by atoms with Gasteiger partial charge in [0.1, 0.15) is 0 Å². The van der Waals surface area contributed by atoms with E-state index in [2.05, 4.69) is 209 Å². The molecule has 4 heterocycles. The molecule has 4 aliphatic carbocycles. The van der Waals surface area contributed by atoms with E-state index >= 15 is 0 Å².